The van der Waals surface area contributed by atoms with Gasteiger partial charge in [0.25, 0.3) is 11.5 Å². The number of nitrogens with one attached hydrogen (secondary N) is 2. The molecule has 39 heavy (non-hydrogen) atoms. The van der Waals surface area contributed by atoms with E-state index in [0.29, 0.717) is 24.4 Å². The van der Waals surface area contributed by atoms with Crippen LogP contribution >= 0.6 is 0 Å². The maximum absolute atomic E-state index is 13.6. The summed E-state index contributed by atoms with van der Waals surface area (Å²) in [6.07, 6.45) is 3.41. The van der Waals surface area contributed by atoms with Crippen LogP contribution in [-0.2, 0) is 31.2 Å². The van der Waals surface area contributed by atoms with E-state index >= 15 is 0 Å². The summed E-state index contributed by atoms with van der Waals surface area (Å²) in [7, 11) is -2.19. The van der Waals surface area contributed by atoms with Crippen LogP contribution in [0.1, 0.15) is 55.0 Å². The molecule has 3 aromatic rings. The fourth-order valence-electron chi connectivity index (χ4n) is 5.35. The Bertz CT molecular complexity index is 1610. The van der Waals surface area contributed by atoms with Crippen molar-refractivity contribution in [3.63, 3.8) is 0 Å². The zero-order valence-electron chi connectivity index (χ0n) is 21.9. The van der Waals surface area contributed by atoms with Crippen LogP contribution in [0.4, 0.5) is 5.69 Å². The van der Waals surface area contributed by atoms with Crippen LogP contribution in [0.3, 0.4) is 0 Å². The number of hydrogen-bond donors (Lipinski definition) is 2. The molecule has 12 nitrogen and oxygen atoms in total. The first kappa shape index (κ1) is 26.9. The molecule has 0 spiro atoms. The zero-order chi connectivity index (χ0) is 28.1. The van der Waals surface area contributed by atoms with Crippen molar-refractivity contribution >= 4 is 44.7 Å². The van der Waals surface area contributed by atoms with Gasteiger partial charge in [-0.3, -0.25) is 29.1 Å². The van der Waals surface area contributed by atoms with E-state index in [1.165, 1.54) is 25.7 Å². The molecule has 2 N–H and O–H groups in total. The zero-order valence-corrected chi connectivity index (χ0v) is 22.7. The number of fused-ring (bicyclic) bond motifs is 1. The number of aryl methyl sites for hydroxylation is 2. The van der Waals surface area contributed by atoms with Gasteiger partial charge in [0.1, 0.15) is 17.6 Å². The van der Waals surface area contributed by atoms with E-state index in [1.54, 1.807) is 32.2 Å². The molecular weight excluding hydrogens is 524 g/mol. The smallest absolute Gasteiger partial charge is 0.272 e. The third-order valence-corrected chi connectivity index (χ3v) is 9.18. The van der Waals surface area contributed by atoms with Gasteiger partial charge in [0, 0.05) is 32.6 Å². The maximum Gasteiger partial charge on any atom is 0.272 e. The lowest BCUT2D eigenvalue weighted by atomic mass is 10.0. The molecule has 2 aliphatic rings. The van der Waals surface area contributed by atoms with E-state index < -0.39 is 39.7 Å². The summed E-state index contributed by atoms with van der Waals surface area (Å²) in [6.45, 7) is 4.48. The van der Waals surface area contributed by atoms with Crippen molar-refractivity contribution in [3.8, 4) is 0 Å². The lowest BCUT2D eigenvalue weighted by Gasteiger charge is -2.32. The Labute approximate surface area is 225 Å². The summed E-state index contributed by atoms with van der Waals surface area (Å²) >= 11 is 0. The van der Waals surface area contributed by atoms with Gasteiger partial charge < -0.3 is 14.4 Å². The molecule has 2 fully saturated rings. The molecule has 206 valence electrons. The van der Waals surface area contributed by atoms with Gasteiger partial charge in [0.15, 0.2) is 15.3 Å². The number of nitrogens with zero attached hydrogens (tertiary/aromatic N) is 4. The molecule has 3 unspecified atom stereocenters. The van der Waals surface area contributed by atoms with E-state index in [-0.39, 0.29) is 40.4 Å². The number of benzene rings is 1. The first-order valence-corrected chi connectivity index (χ1v) is 14.2. The minimum absolute atomic E-state index is 0.0275. The first-order valence-electron chi connectivity index (χ1n) is 12.8. The fraction of sp³-hybridized carbons (Fsp3) is 0.423. The highest BCUT2D eigenvalue weighted by atomic mass is 32.3. The number of aromatic nitrogens is 3. The molecular formula is C26H30N6O6S. The molecule has 2 saturated heterocycles. The van der Waals surface area contributed by atoms with Crippen molar-refractivity contribution in [2.75, 3.05) is 18.4 Å². The topological polar surface area (TPSA) is 158 Å². The quantitative estimate of drug-likeness (QED) is 0.360. The second-order valence-corrected chi connectivity index (χ2v) is 12.2. The second kappa shape index (κ2) is 10.1. The summed E-state index contributed by atoms with van der Waals surface area (Å²) in [5.74, 6) is -1.03. The molecule has 0 radical (unpaired) electrons. The van der Waals surface area contributed by atoms with Crippen molar-refractivity contribution in [1.82, 2.24) is 23.7 Å². The van der Waals surface area contributed by atoms with Crippen molar-refractivity contribution in [2.45, 2.75) is 50.5 Å². The Kier molecular flexibility index (Phi) is 6.99. The number of rotatable bonds is 5. The summed E-state index contributed by atoms with van der Waals surface area (Å²) < 4.78 is 30.6. The van der Waals surface area contributed by atoms with Crippen LogP contribution < -0.4 is 16.2 Å². The Morgan fingerprint density at radius 1 is 1.23 bits per heavy atom. The lowest BCUT2D eigenvalue weighted by Crippen LogP contribution is -2.45. The predicted molar refractivity (Wildman–Crippen MR) is 143 cm³/mol. The standard InChI is InChI=1S/C26H30N6O6S/c1-15-6-5-11-31(13-15)39(37,38)17-12-21(30(3)14-17)25(35)28-19-8-4-7-18-23(19)26(36)32(16(2)27-18)20-9-10-22(33)29-24(20)34/h4,7-8,12,14-15,20H,5-6,9-11,13H2,1-3H3,(H2-,28,29,33,34,35,36,37,38). The van der Waals surface area contributed by atoms with Crippen LogP contribution in [-0.4, -0.2) is 53.8 Å². The number of carbonyl (C=O) groups is 3. The largest absolute Gasteiger partial charge is 0.593 e. The lowest BCUT2D eigenvalue weighted by molar-refractivity contribution is -0.135. The molecule has 13 heteroatoms. The van der Waals surface area contributed by atoms with E-state index in [0.717, 1.165) is 12.8 Å². The number of imide groups is 1. The van der Waals surface area contributed by atoms with Gasteiger partial charge in [-0.25, -0.2) is 4.98 Å². The van der Waals surface area contributed by atoms with E-state index in [1.807, 2.05) is 6.92 Å². The van der Waals surface area contributed by atoms with E-state index in [4.69, 9.17) is 0 Å². The normalized spacial score (nSPS) is 21.9. The van der Waals surface area contributed by atoms with Crippen LogP contribution in [0.5, 0.6) is 0 Å². The average Bonchev–Trinajstić information content (AvgIpc) is 3.27. The minimum Gasteiger partial charge on any atom is -0.593 e. The Morgan fingerprint density at radius 2 is 2.00 bits per heavy atom. The molecule has 2 aromatic heterocycles. The van der Waals surface area contributed by atoms with Crippen LogP contribution in [0.15, 0.2) is 40.2 Å². The molecule has 4 heterocycles. The van der Waals surface area contributed by atoms with Gasteiger partial charge in [-0.1, -0.05) is 17.2 Å². The Hall–Kier alpha value is -3.68. The van der Waals surface area contributed by atoms with Gasteiger partial charge in [-0.15, -0.1) is 4.31 Å². The summed E-state index contributed by atoms with van der Waals surface area (Å²) in [5.41, 5.74) is 0.0678. The van der Waals surface area contributed by atoms with Crippen LogP contribution in [0.25, 0.3) is 10.9 Å². The van der Waals surface area contributed by atoms with E-state index in [9.17, 15) is 27.9 Å². The number of hydrogen-bond acceptors (Lipinski definition) is 7. The molecule has 3 amide bonds. The number of carbonyl (C=O) groups excluding carboxylic acids is 3. The predicted octanol–water partition coefficient (Wildman–Crippen LogP) is 1.91. The highest BCUT2D eigenvalue weighted by Crippen LogP contribution is 2.29. The van der Waals surface area contributed by atoms with Crippen molar-refractivity contribution in [1.29, 1.82) is 0 Å². The van der Waals surface area contributed by atoms with Gasteiger partial charge in [0.2, 0.25) is 11.8 Å². The monoisotopic (exact) mass is 554 g/mol. The number of amides is 3. The molecule has 0 bridgehead atoms. The van der Waals surface area contributed by atoms with Crippen LogP contribution in [0.2, 0.25) is 0 Å². The molecule has 0 saturated carbocycles. The molecule has 1 aromatic carbocycles. The Morgan fingerprint density at radius 3 is 2.72 bits per heavy atom. The highest BCUT2D eigenvalue weighted by Gasteiger charge is 2.36. The molecule has 2 aliphatic heterocycles. The molecule has 0 aliphatic carbocycles. The third kappa shape index (κ3) is 4.92. The van der Waals surface area contributed by atoms with Crippen molar-refractivity contribution in [3.05, 3.63) is 52.3 Å². The Balaban J connectivity index is 1.48. The maximum atomic E-state index is 13.6. The summed E-state index contributed by atoms with van der Waals surface area (Å²) in [5, 5.41) is 5.08. The molecule has 5 rings (SSSR count). The van der Waals surface area contributed by atoms with Crippen LogP contribution in [0, 0.1) is 12.8 Å². The average molecular weight is 555 g/mol. The first-order chi connectivity index (χ1) is 18.5. The SMILES string of the molecule is Cc1nc2cccc(NC(=O)c3cc([S+](=O)([O-])N4CCCC(C)C4)cn3C)c2c(=O)n1C1CCC(=O)NC1=O. The van der Waals surface area contributed by atoms with Gasteiger partial charge >= 0.3 is 0 Å². The highest BCUT2D eigenvalue weighted by molar-refractivity contribution is 7.95. The number of piperidine rings is 2. The number of anilines is 1. The van der Waals surface area contributed by atoms with Gasteiger partial charge in [-0.2, -0.15) is 0 Å². The van der Waals surface area contributed by atoms with E-state index in [2.05, 4.69) is 15.6 Å². The number of sulfonamides is 1. The van der Waals surface area contributed by atoms with Gasteiger partial charge in [-0.05, 0) is 44.2 Å². The third-order valence-electron chi connectivity index (χ3n) is 7.35. The van der Waals surface area contributed by atoms with Gasteiger partial charge in [0.05, 0.1) is 22.8 Å². The molecule has 3 atom stereocenters. The summed E-state index contributed by atoms with van der Waals surface area (Å²) in [4.78, 5) is 55.6. The second-order valence-electron chi connectivity index (χ2n) is 10.2. The van der Waals surface area contributed by atoms with Crippen molar-refractivity contribution < 1.29 is 23.1 Å². The summed E-state index contributed by atoms with van der Waals surface area (Å²) in [6, 6.07) is 5.23. The van der Waals surface area contributed by atoms with Crippen molar-refractivity contribution in [2.24, 2.45) is 13.0 Å². The fourth-order valence-corrected chi connectivity index (χ4v) is 7.02. The minimum atomic E-state index is -3.77.